The minimum atomic E-state index is 0.654. The van der Waals surface area contributed by atoms with Crippen molar-refractivity contribution in [2.24, 2.45) is 4.99 Å². The fourth-order valence-electron chi connectivity index (χ4n) is 2.68. The molecule has 0 saturated carbocycles. The number of nitrogens with one attached hydrogen (secondary N) is 1. The molecule has 2 rings (SSSR count). The molecule has 0 bridgehead atoms. The van der Waals surface area contributed by atoms with E-state index >= 15 is 0 Å². The van der Waals surface area contributed by atoms with Crippen LogP contribution in [0.5, 0.6) is 11.5 Å². The van der Waals surface area contributed by atoms with E-state index in [0.717, 1.165) is 43.9 Å². The lowest BCUT2D eigenvalue weighted by atomic mass is 9.99. The number of ether oxygens (including phenoxy) is 2. The van der Waals surface area contributed by atoms with Crippen molar-refractivity contribution in [2.45, 2.75) is 32.7 Å². The summed E-state index contributed by atoms with van der Waals surface area (Å²) in [6.07, 6.45) is 4.98. The van der Waals surface area contributed by atoms with Crippen molar-refractivity contribution in [1.82, 2.24) is 10.2 Å². The highest BCUT2D eigenvalue weighted by Gasteiger charge is 2.21. The molecule has 1 aromatic carbocycles. The minimum Gasteiger partial charge on any atom is -0.493 e. The van der Waals surface area contributed by atoms with Gasteiger partial charge in [-0.1, -0.05) is 13.3 Å². The smallest absolute Gasteiger partial charge is 0.207 e. The summed E-state index contributed by atoms with van der Waals surface area (Å²) >= 11 is 0. The van der Waals surface area contributed by atoms with Crippen LogP contribution in [0, 0.1) is 11.5 Å². The van der Waals surface area contributed by atoms with Crippen LogP contribution in [0.3, 0.4) is 0 Å². The van der Waals surface area contributed by atoms with Crippen LogP contribution < -0.4 is 14.8 Å². The van der Waals surface area contributed by atoms with E-state index in [0.29, 0.717) is 12.5 Å². The van der Waals surface area contributed by atoms with Crippen LogP contribution in [0.4, 0.5) is 0 Å². The number of nitriles is 1. The summed E-state index contributed by atoms with van der Waals surface area (Å²) in [6, 6.07) is 4.05. The van der Waals surface area contributed by atoms with Gasteiger partial charge in [0.25, 0.3) is 0 Å². The molecule has 0 saturated heterocycles. The summed E-state index contributed by atoms with van der Waals surface area (Å²) in [5.74, 6) is 2.14. The average Bonchev–Trinajstić information content (AvgIpc) is 2.59. The summed E-state index contributed by atoms with van der Waals surface area (Å²) in [7, 11) is 3.29. The molecular formula is C17H24N4O2. The first kappa shape index (κ1) is 16.9. The molecule has 0 radical (unpaired) electrons. The van der Waals surface area contributed by atoms with Gasteiger partial charge >= 0.3 is 0 Å². The molecule has 124 valence electrons. The minimum absolute atomic E-state index is 0.654. The molecule has 0 unspecified atom stereocenters. The van der Waals surface area contributed by atoms with E-state index < -0.39 is 0 Å². The molecule has 0 amide bonds. The molecule has 6 nitrogen and oxygen atoms in total. The van der Waals surface area contributed by atoms with Gasteiger partial charge in [-0.05, 0) is 36.1 Å². The van der Waals surface area contributed by atoms with E-state index in [4.69, 9.17) is 14.7 Å². The summed E-state index contributed by atoms with van der Waals surface area (Å²) in [6.45, 7) is 4.39. The highest BCUT2D eigenvalue weighted by Crippen LogP contribution is 2.33. The summed E-state index contributed by atoms with van der Waals surface area (Å²) < 4.78 is 10.7. The van der Waals surface area contributed by atoms with Gasteiger partial charge in [-0.25, -0.2) is 0 Å². The van der Waals surface area contributed by atoms with Crippen LogP contribution in [0.1, 0.15) is 30.9 Å². The summed E-state index contributed by atoms with van der Waals surface area (Å²) in [5, 5.41) is 11.7. The Morgan fingerprint density at radius 3 is 2.61 bits per heavy atom. The Morgan fingerprint density at radius 1 is 1.30 bits per heavy atom. The Kier molecular flexibility index (Phi) is 6.10. The third kappa shape index (κ3) is 4.07. The van der Waals surface area contributed by atoms with Crippen LogP contribution in [0.15, 0.2) is 17.1 Å². The maximum absolute atomic E-state index is 8.96. The average molecular weight is 316 g/mol. The molecule has 0 spiro atoms. The van der Waals surface area contributed by atoms with E-state index in [2.05, 4.69) is 22.1 Å². The molecule has 1 aliphatic rings. The van der Waals surface area contributed by atoms with E-state index in [1.165, 1.54) is 11.1 Å². The Labute approximate surface area is 137 Å². The van der Waals surface area contributed by atoms with Crippen LogP contribution in [0.2, 0.25) is 0 Å². The van der Waals surface area contributed by atoms with E-state index in [-0.39, 0.29) is 0 Å². The highest BCUT2D eigenvalue weighted by atomic mass is 16.5. The number of nitrogens with zero attached hydrogens (tertiary/aromatic N) is 3. The lowest BCUT2D eigenvalue weighted by molar-refractivity contribution is 0.346. The molecule has 23 heavy (non-hydrogen) atoms. The predicted octanol–water partition coefficient (Wildman–Crippen LogP) is 2.29. The molecule has 1 heterocycles. The second-order valence-corrected chi connectivity index (χ2v) is 5.44. The number of aliphatic imine (C=N–C) groups is 1. The van der Waals surface area contributed by atoms with Crippen LogP contribution >= 0.6 is 0 Å². The second-order valence-electron chi connectivity index (χ2n) is 5.44. The number of guanidine groups is 1. The topological polar surface area (TPSA) is 69.9 Å². The first-order chi connectivity index (χ1) is 11.2. The molecule has 0 fully saturated rings. The van der Waals surface area contributed by atoms with Crippen molar-refractivity contribution in [2.75, 3.05) is 27.3 Å². The number of hydrogen-bond donors (Lipinski definition) is 1. The molecule has 1 aromatic rings. The molecule has 0 aliphatic carbocycles. The lowest BCUT2D eigenvalue weighted by Crippen LogP contribution is -2.42. The normalized spacial score (nSPS) is 14.0. The van der Waals surface area contributed by atoms with Crippen LogP contribution in [-0.2, 0) is 13.0 Å². The maximum Gasteiger partial charge on any atom is 0.207 e. The molecular weight excluding hydrogens is 292 g/mol. The summed E-state index contributed by atoms with van der Waals surface area (Å²) in [5.41, 5.74) is 2.43. The fraction of sp³-hybridized carbons (Fsp3) is 0.529. The van der Waals surface area contributed by atoms with Gasteiger partial charge in [-0.2, -0.15) is 5.26 Å². The van der Waals surface area contributed by atoms with Gasteiger partial charge in [-0.15, -0.1) is 0 Å². The number of fused-ring (bicyclic) bond motifs is 1. The zero-order valence-electron chi connectivity index (χ0n) is 14.1. The van der Waals surface area contributed by atoms with Gasteiger partial charge in [0, 0.05) is 19.6 Å². The van der Waals surface area contributed by atoms with Gasteiger partial charge in [0.05, 0.1) is 14.2 Å². The second kappa shape index (κ2) is 8.28. The van der Waals surface area contributed by atoms with E-state index in [1.807, 2.05) is 18.3 Å². The molecule has 1 N–H and O–H groups in total. The molecule has 0 aromatic heterocycles. The Bertz CT molecular complexity index is 607. The van der Waals surface area contributed by atoms with Gasteiger partial charge < -0.3 is 14.4 Å². The lowest BCUT2D eigenvalue weighted by Gasteiger charge is -2.31. The number of rotatable bonds is 5. The number of methoxy groups -OCH3 is 2. The number of unbranched alkanes of at least 4 members (excludes halogenated alkanes) is 1. The van der Waals surface area contributed by atoms with Gasteiger partial charge in [0.15, 0.2) is 17.7 Å². The third-order valence-corrected chi connectivity index (χ3v) is 3.96. The van der Waals surface area contributed by atoms with Gasteiger partial charge in [0.2, 0.25) is 5.96 Å². The third-order valence-electron chi connectivity index (χ3n) is 3.96. The Balaban J connectivity index is 2.20. The summed E-state index contributed by atoms with van der Waals surface area (Å²) in [4.78, 5) is 6.63. The quantitative estimate of drug-likeness (QED) is 0.297. The standard InChI is InChI=1S/C17H24N4O2/c1-4-5-7-19-17(20-12-18)21-8-6-13-9-15(22-2)16(23-3)10-14(13)11-21/h9-10H,4-8,11H2,1-3H3,(H,19,20). The first-order valence-corrected chi connectivity index (χ1v) is 7.91. The van der Waals surface area contributed by atoms with E-state index in [9.17, 15) is 0 Å². The molecule has 1 aliphatic heterocycles. The van der Waals surface area contributed by atoms with Crippen LogP contribution in [0.25, 0.3) is 0 Å². The highest BCUT2D eigenvalue weighted by molar-refractivity contribution is 5.81. The zero-order valence-corrected chi connectivity index (χ0v) is 14.1. The monoisotopic (exact) mass is 316 g/mol. The predicted molar refractivity (Wildman–Crippen MR) is 89.6 cm³/mol. The Hall–Kier alpha value is -2.42. The van der Waals surface area contributed by atoms with Crippen molar-refractivity contribution in [3.05, 3.63) is 23.3 Å². The van der Waals surface area contributed by atoms with Crippen molar-refractivity contribution in [3.63, 3.8) is 0 Å². The fourth-order valence-corrected chi connectivity index (χ4v) is 2.68. The number of benzene rings is 1. The van der Waals surface area contributed by atoms with Crippen LogP contribution in [-0.4, -0.2) is 38.2 Å². The van der Waals surface area contributed by atoms with Crippen molar-refractivity contribution in [3.8, 4) is 17.7 Å². The van der Waals surface area contributed by atoms with Crippen molar-refractivity contribution >= 4 is 5.96 Å². The Morgan fingerprint density at radius 2 is 2.00 bits per heavy atom. The first-order valence-electron chi connectivity index (χ1n) is 7.91. The van der Waals surface area contributed by atoms with Gasteiger partial charge in [-0.3, -0.25) is 10.3 Å². The number of hydrogen-bond acceptors (Lipinski definition) is 4. The van der Waals surface area contributed by atoms with E-state index in [1.54, 1.807) is 14.2 Å². The van der Waals surface area contributed by atoms with Crippen molar-refractivity contribution in [1.29, 1.82) is 5.26 Å². The van der Waals surface area contributed by atoms with Gasteiger partial charge in [0.1, 0.15) is 0 Å². The zero-order chi connectivity index (χ0) is 16.7. The molecule has 6 heteroatoms. The van der Waals surface area contributed by atoms with Crippen molar-refractivity contribution < 1.29 is 9.47 Å². The SMILES string of the molecule is CCCCN=C(NC#N)N1CCc2cc(OC)c(OC)cc2C1. The molecule has 0 atom stereocenters. The largest absolute Gasteiger partial charge is 0.493 e. The maximum atomic E-state index is 8.96.